The van der Waals surface area contributed by atoms with Gasteiger partial charge in [-0.05, 0) is 72.1 Å². The zero-order valence-corrected chi connectivity index (χ0v) is 17.8. The summed E-state index contributed by atoms with van der Waals surface area (Å²) in [6.45, 7) is 4.14. The van der Waals surface area contributed by atoms with Crippen LogP contribution in [0.1, 0.15) is 35.7 Å². The number of hydrogen-bond donors (Lipinski definition) is 0. The van der Waals surface area contributed by atoms with Crippen molar-refractivity contribution in [2.45, 2.75) is 19.8 Å². The van der Waals surface area contributed by atoms with Crippen LogP contribution in [0, 0.1) is 0 Å². The molecular formula is C22H19Cl2O3P. The number of halogens is 2. The van der Waals surface area contributed by atoms with E-state index in [2.05, 4.69) is 13.8 Å². The molecule has 0 heterocycles. The molecule has 0 saturated heterocycles. The molecule has 0 radical (unpaired) electrons. The predicted octanol–water partition coefficient (Wildman–Crippen LogP) is 6.20. The maximum atomic E-state index is 13.9. The van der Waals surface area contributed by atoms with Crippen LogP contribution < -0.4 is 10.6 Å². The lowest BCUT2D eigenvalue weighted by atomic mass is 10.0. The molecule has 0 N–H and O–H groups in total. The summed E-state index contributed by atoms with van der Waals surface area (Å²) in [4.78, 5) is 12.8. The van der Waals surface area contributed by atoms with Gasteiger partial charge in [0.25, 0.3) is 0 Å². The molecule has 0 atom stereocenters. The zero-order valence-electron chi connectivity index (χ0n) is 15.4. The number of hydrogen-bond acceptors (Lipinski definition) is 3. The second-order valence-electron chi connectivity index (χ2n) is 6.66. The van der Waals surface area contributed by atoms with E-state index in [4.69, 9.17) is 27.7 Å². The van der Waals surface area contributed by atoms with Gasteiger partial charge in [0.15, 0.2) is 0 Å². The van der Waals surface area contributed by atoms with Crippen LogP contribution >= 0.6 is 30.6 Å². The Hall–Kier alpha value is -2.06. The molecule has 3 nitrogen and oxygen atoms in total. The highest BCUT2D eigenvalue weighted by Gasteiger charge is 2.33. The Labute approximate surface area is 174 Å². The van der Waals surface area contributed by atoms with Gasteiger partial charge < -0.3 is 4.52 Å². The predicted molar refractivity (Wildman–Crippen MR) is 116 cm³/mol. The van der Waals surface area contributed by atoms with Crippen molar-refractivity contribution in [1.29, 1.82) is 0 Å². The molecule has 0 saturated carbocycles. The Morgan fingerprint density at radius 2 is 1.21 bits per heavy atom. The van der Waals surface area contributed by atoms with Crippen molar-refractivity contribution in [2.24, 2.45) is 0 Å². The Kier molecular flexibility index (Phi) is 6.30. The minimum Gasteiger partial charge on any atom is -0.401 e. The van der Waals surface area contributed by atoms with Crippen LogP contribution in [0.5, 0.6) is 0 Å². The third kappa shape index (κ3) is 4.50. The van der Waals surface area contributed by atoms with Crippen LogP contribution in [-0.2, 0) is 9.09 Å². The maximum absolute atomic E-state index is 13.9. The molecule has 0 unspecified atom stereocenters. The summed E-state index contributed by atoms with van der Waals surface area (Å²) in [5.41, 5.74) is 1.45. The highest BCUT2D eigenvalue weighted by atomic mass is 35.5. The van der Waals surface area contributed by atoms with Crippen molar-refractivity contribution in [3.05, 3.63) is 94.0 Å². The lowest BCUT2D eigenvalue weighted by Crippen LogP contribution is -2.21. The summed E-state index contributed by atoms with van der Waals surface area (Å²) < 4.78 is 19.5. The molecule has 28 heavy (non-hydrogen) atoms. The Morgan fingerprint density at radius 1 is 0.786 bits per heavy atom. The molecule has 0 bridgehead atoms. The van der Waals surface area contributed by atoms with E-state index in [9.17, 15) is 9.36 Å². The number of rotatable bonds is 5. The van der Waals surface area contributed by atoms with Gasteiger partial charge in [-0.1, -0.05) is 49.2 Å². The molecule has 0 aliphatic rings. The fourth-order valence-electron chi connectivity index (χ4n) is 2.70. The normalized spacial score (nSPS) is 11.5. The van der Waals surface area contributed by atoms with Gasteiger partial charge in [-0.2, -0.15) is 0 Å². The van der Waals surface area contributed by atoms with Gasteiger partial charge in [-0.15, -0.1) is 0 Å². The average Bonchev–Trinajstić information content (AvgIpc) is 2.68. The van der Waals surface area contributed by atoms with Crippen molar-refractivity contribution in [1.82, 2.24) is 0 Å². The first-order chi connectivity index (χ1) is 13.3. The number of carbonyl (C=O) groups is 1. The minimum atomic E-state index is -3.68. The van der Waals surface area contributed by atoms with Gasteiger partial charge in [0.05, 0.1) is 16.2 Å². The smallest absolute Gasteiger partial charge is 0.343 e. The summed E-state index contributed by atoms with van der Waals surface area (Å²) in [6.07, 6.45) is 0. The van der Waals surface area contributed by atoms with Crippen molar-refractivity contribution in [3.8, 4) is 0 Å². The second kappa shape index (κ2) is 8.53. The molecule has 3 aromatic carbocycles. The van der Waals surface area contributed by atoms with E-state index in [1.165, 1.54) is 0 Å². The summed E-state index contributed by atoms with van der Waals surface area (Å²) in [7, 11) is -3.68. The van der Waals surface area contributed by atoms with Crippen LogP contribution in [0.3, 0.4) is 0 Å². The van der Waals surface area contributed by atoms with Crippen LogP contribution in [0.4, 0.5) is 0 Å². The van der Waals surface area contributed by atoms with Gasteiger partial charge in [0, 0.05) is 10.0 Å². The summed E-state index contributed by atoms with van der Waals surface area (Å²) in [5, 5.41) is 1.77. The molecule has 0 fully saturated rings. The topological polar surface area (TPSA) is 43.4 Å². The average molecular weight is 433 g/mol. The summed E-state index contributed by atoms with van der Waals surface area (Å²) in [6, 6.07) is 20.0. The van der Waals surface area contributed by atoms with Crippen LogP contribution in [-0.4, -0.2) is 5.97 Å². The molecule has 144 valence electrons. The van der Waals surface area contributed by atoms with E-state index < -0.39 is 13.3 Å². The maximum Gasteiger partial charge on any atom is 0.343 e. The third-order valence-electron chi connectivity index (χ3n) is 4.36. The Bertz CT molecular complexity index is 962. The fourth-order valence-corrected chi connectivity index (χ4v) is 4.89. The van der Waals surface area contributed by atoms with E-state index in [0.29, 0.717) is 32.1 Å². The van der Waals surface area contributed by atoms with E-state index >= 15 is 0 Å². The van der Waals surface area contributed by atoms with E-state index in [1.807, 2.05) is 12.1 Å². The van der Waals surface area contributed by atoms with Crippen molar-refractivity contribution in [3.63, 3.8) is 0 Å². The fraction of sp³-hybridized carbons (Fsp3) is 0.136. The zero-order chi connectivity index (χ0) is 20.3. The largest absolute Gasteiger partial charge is 0.401 e. The third-order valence-corrected chi connectivity index (χ3v) is 7.24. The number of benzene rings is 3. The standard InChI is InChI=1S/C22H19Cl2O3P/c1-15(2)16-3-5-17(6-4-16)22(25)27-28(26,20-11-7-18(23)8-12-20)21-13-9-19(24)10-14-21/h3-15H,1-2H3. The van der Waals surface area contributed by atoms with Gasteiger partial charge in [0.1, 0.15) is 0 Å². The first-order valence-electron chi connectivity index (χ1n) is 8.76. The summed E-state index contributed by atoms with van der Waals surface area (Å²) >= 11 is 11.9. The quantitative estimate of drug-likeness (QED) is 0.450. The van der Waals surface area contributed by atoms with Crippen LogP contribution in [0.15, 0.2) is 72.8 Å². The van der Waals surface area contributed by atoms with Crippen LogP contribution in [0.2, 0.25) is 10.0 Å². The Morgan fingerprint density at radius 3 is 1.61 bits per heavy atom. The van der Waals surface area contributed by atoms with Crippen LogP contribution in [0.25, 0.3) is 0 Å². The molecule has 0 aromatic heterocycles. The number of carbonyl (C=O) groups excluding carboxylic acids is 1. The van der Waals surface area contributed by atoms with E-state index in [-0.39, 0.29) is 0 Å². The lowest BCUT2D eigenvalue weighted by molar-refractivity contribution is 0.0747. The molecule has 0 aliphatic heterocycles. The monoisotopic (exact) mass is 432 g/mol. The SMILES string of the molecule is CC(C)c1ccc(C(=O)OP(=O)(c2ccc(Cl)cc2)c2ccc(Cl)cc2)cc1. The molecule has 0 aliphatic carbocycles. The second-order valence-corrected chi connectivity index (χ2v) is 9.85. The first kappa shape index (κ1) is 20.7. The van der Waals surface area contributed by atoms with Gasteiger partial charge in [-0.25, -0.2) is 4.79 Å². The Balaban J connectivity index is 1.99. The molecular weight excluding hydrogens is 414 g/mol. The molecule has 3 rings (SSSR count). The highest BCUT2D eigenvalue weighted by Crippen LogP contribution is 2.45. The molecule has 6 heteroatoms. The summed E-state index contributed by atoms with van der Waals surface area (Å²) in [5.74, 6) is -0.303. The molecule has 0 spiro atoms. The van der Waals surface area contributed by atoms with Crippen molar-refractivity contribution >= 4 is 47.1 Å². The van der Waals surface area contributed by atoms with Crippen molar-refractivity contribution in [2.75, 3.05) is 0 Å². The lowest BCUT2D eigenvalue weighted by Gasteiger charge is -2.19. The van der Waals surface area contributed by atoms with Gasteiger partial charge >= 0.3 is 13.3 Å². The molecule has 3 aromatic rings. The van der Waals surface area contributed by atoms with Gasteiger partial charge in [0.2, 0.25) is 0 Å². The van der Waals surface area contributed by atoms with Gasteiger partial charge in [-0.3, -0.25) is 4.57 Å². The first-order valence-corrected chi connectivity index (χ1v) is 11.1. The minimum absolute atomic E-state index is 0.340. The van der Waals surface area contributed by atoms with E-state index in [1.54, 1.807) is 60.7 Å². The van der Waals surface area contributed by atoms with E-state index in [0.717, 1.165) is 5.56 Å². The molecule has 0 amide bonds. The van der Waals surface area contributed by atoms with Crippen molar-refractivity contribution < 1.29 is 13.9 Å². The highest BCUT2D eigenvalue weighted by molar-refractivity contribution is 7.74.